The maximum Gasteiger partial charge on any atom is 0.410 e. The molecule has 10 nitrogen and oxygen atoms in total. The number of halogens is 3. The zero-order valence-electron chi connectivity index (χ0n) is 24.5. The average molecular weight is 593 g/mol. The van der Waals surface area contributed by atoms with Crippen LogP contribution in [0.3, 0.4) is 0 Å². The van der Waals surface area contributed by atoms with Crippen LogP contribution in [0.15, 0.2) is 18.2 Å². The van der Waals surface area contributed by atoms with Gasteiger partial charge in [0, 0.05) is 58.1 Å². The molecule has 2 aromatic rings. The first kappa shape index (κ1) is 30.1. The van der Waals surface area contributed by atoms with Crippen molar-refractivity contribution < 1.29 is 32.3 Å². The van der Waals surface area contributed by atoms with Crippen molar-refractivity contribution >= 4 is 34.5 Å². The Bertz CT molecular complexity index is 1350. The van der Waals surface area contributed by atoms with Gasteiger partial charge in [0.15, 0.2) is 0 Å². The third kappa shape index (κ3) is 6.35. The molecule has 0 radical (unpaired) electrons. The third-order valence-electron chi connectivity index (χ3n) is 8.41. The van der Waals surface area contributed by atoms with Crippen molar-refractivity contribution in [3.63, 3.8) is 0 Å². The molecule has 3 fully saturated rings. The number of imide groups is 1. The Kier molecular flexibility index (Phi) is 8.16. The maximum absolute atomic E-state index is 14.1. The topological polar surface area (TPSA) is 100 Å². The number of benzene rings is 1. The van der Waals surface area contributed by atoms with E-state index in [-0.39, 0.29) is 37.2 Å². The first-order valence-corrected chi connectivity index (χ1v) is 14.5. The van der Waals surface area contributed by atoms with E-state index in [2.05, 4.69) is 15.3 Å². The second-order valence-electron chi connectivity index (χ2n) is 12.6. The Morgan fingerprint density at radius 3 is 2.43 bits per heavy atom. The highest BCUT2D eigenvalue weighted by Crippen LogP contribution is 2.37. The summed E-state index contributed by atoms with van der Waals surface area (Å²) in [6.45, 7) is 6.65. The number of para-hydroxylation sites is 1. The van der Waals surface area contributed by atoms with E-state index < -0.39 is 36.4 Å². The van der Waals surface area contributed by atoms with E-state index in [4.69, 9.17) is 4.74 Å². The molecular formula is C29H39F3N6O4. The fourth-order valence-corrected chi connectivity index (χ4v) is 6.34. The van der Waals surface area contributed by atoms with Gasteiger partial charge in [0.1, 0.15) is 11.6 Å². The summed E-state index contributed by atoms with van der Waals surface area (Å²) in [4.78, 5) is 41.5. The standard InChI is InChI=1S/C29H39F3N6O4/c1-28(2,3)42-27(41)38-15-14-37(22(17-38)29(30,31)32)16-18-10-12-36(13-11-18)21-7-5-6-19-24(34-35(4)25(19)21)20-8-9-23(39)33-26(20)40/h5-7,18,20,22H,8-17H2,1-4H3,(H,33,39,40)/t20?,22-/m0/s1. The summed E-state index contributed by atoms with van der Waals surface area (Å²) in [5, 5.41) is 7.95. The van der Waals surface area contributed by atoms with Crippen molar-refractivity contribution in [2.75, 3.05) is 44.2 Å². The van der Waals surface area contributed by atoms with Crippen molar-refractivity contribution in [2.45, 2.75) is 70.2 Å². The van der Waals surface area contributed by atoms with Gasteiger partial charge in [0.2, 0.25) is 11.8 Å². The molecule has 1 N–H and O–H groups in total. The Morgan fingerprint density at radius 1 is 1.07 bits per heavy atom. The SMILES string of the molecule is Cn1nc(C2CCC(=O)NC2=O)c2cccc(N3CCC(CN4CCN(C(=O)OC(C)(C)C)C[C@H]4C(F)(F)F)CC3)c21. The summed E-state index contributed by atoms with van der Waals surface area (Å²) in [7, 11) is 1.84. The van der Waals surface area contributed by atoms with Gasteiger partial charge in [-0.1, -0.05) is 12.1 Å². The summed E-state index contributed by atoms with van der Waals surface area (Å²) in [6.07, 6.45) is -3.04. The highest BCUT2D eigenvalue weighted by molar-refractivity contribution is 6.03. The van der Waals surface area contributed by atoms with Gasteiger partial charge in [-0.05, 0) is 52.0 Å². The molecule has 13 heteroatoms. The number of carbonyl (C=O) groups is 3. The van der Waals surface area contributed by atoms with Gasteiger partial charge < -0.3 is 14.5 Å². The number of anilines is 1. The van der Waals surface area contributed by atoms with Gasteiger partial charge in [-0.3, -0.25) is 24.5 Å². The van der Waals surface area contributed by atoms with Crippen molar-refractivity contribution in [1.29, 1.82) is 0 Å². The number of carbonyl (C=O) groups excluding carboxylic acids is 3. The average Bonchev–Trinajstić information content (AvgIpc) is 3.24. The summed E-state index contributed by atoms with van der Waals surface area (Å²) >= 11 is 0. The van der Waals surface area contributed by atoms with Gasteiger partial charge in [0.05, 0.1) is 22.8 Å². The summed E-state index contributed by atoms with van der Waals surface area (Å²) < 4.78 is 49.4. The van der Waals surface area contributed by atoms with Crippen molar-refractivity contribution in [3.8, 4) is 0 Å². The fourth-order valence-electron chi connectivity index (χ4n) is 6.34. The van der Waals surface area contributed by atoms with E-state index in [9.17, 15) is 27.6 Å². The monoisotopic (exact) mass is 592 g/mol. The van der Waals surface area contributed by atoms with Crippen LogP contribution in [-0.4, -0.2) is 94.6 Å². The Morgan fingerprint density at radius 2 is 1.79 bits per heavy atom. The lowest BCUT2D eigenvalue weighted by molar-refractivity contribution is -0.197. The number of rotatable bonds is 4. The van der Waals surface area contributed by atoms with E-state index in [1.807, 2.05) is 25.2 Å². The van der Waals surface area contributed by atoms with Gasteiger partial charge in [0.25, 0.3) is 0 Å². The molecule has 3 aliphatic rings. The van der Waals surface area contributed by atoms with Crippen LogP contribution in [0.5, 0.6) is 0 Å². The molecule has 230 valence electrons. The minimum absolute atomic E-state index is 0.0870. The van der Waals surface area contributed by atoms with Crippen LogP contribution < -0.4 is 10.2 Å². The van der Waals surface area contributed by atoms with Gasteiger partial charge in [-0.25, -0.2) is 4.79 Å². The van der Waals surface area contributed by atoms with Crippen molar-refractivity contribution in [2.24, 2.45) is 13.0 Å². The largest absolute Gasteiger partial charge is 0.444 e. The van der Waals surface area contributed by atoms with Gasteiger partial charge in [-0.15, -0.1) is 0 Å². The Hall–Kier alpha value is -3.35. The lowest BCUT2D eigenvalue weighted by atomic mass is 9.92. The molecule has 4 heterocycles. The molecule has 5 rings (SSSR count). The van der Waals surface area contributed by atoms with Crippen LogP contribution in [0.4, 0.5) is 23.7 Å². The predicted octanol–water partition coefficient (Wildman–Crippen LogP) is 3.79. The number of nitrogens with zero attached hydrogens (tertiary/aromatic N) is 5. The Labute approximate surface area is 243 Å². The lowest BCUT2D eigenvalue weighted by Gasteiger charge is -2.44. The Balaban J connectivity index is 1.25. The molecule has 42 heavy (non-hydrogen) atoms. The van der Waals surface area contributed by atoms with Crippen LogP contribution in [0.25, 0.3) is 10.9 Å². The third-order valence-corrected chi connectivity index (χ3v) is 8.41. The molecule has 3 amide bonds. The first-order valence-electron chi connectivity index (χ1n) is 14.5. The zero-order valence-corrected chi connectivity index (χ0v) is 24.5. The van der Waals surface area contributed by atoms with E-state index >= 15 is 0 Å². The van der Waals surface area contributed by atoms with Crippen LogP contribution in [0.1, 0.15) is 58.1 Å². The van der Waals surface area contributed by atoms with Crippen LogP contribution in [0.2, 0.25) is 0 Å². The molecule has 2 atom stereocenters. The molecule has 3 aliphatic heterocycles. The molecule has 0 bridgehead atoms. The van der Waals surface area contributed by atoms with E-state index in [1.54, 1.807) is 25.5 Å². The summed E-state index contributed by atoms with van der Waals surface area (Å²) in [6, 6.07) is 4.14. The van der Waals surface area contributed by atoms with Crippen molar-refractivity contribution in [1.82, 2.24) is 24.9 Å². The summed E-state index contributed by atoms with van der Waals surface area (Å²) in [5.74, 6) is -1.01. The lowest BCUT2D eigenvalue weighted by Crippen LogP contribution is -2.61. The van der Waals surface area contributed by atoms with Gasteiger partial charge >= 0.3 is 12.3 Å². The molecule has 1 unspecified atom stereocenters. The number of fused-ring (bicyclic) bond motifs is 1. The first-order chi connectivity index (χ1) is 19.7. The number of aryl methyl sites for hydroxylation is 1. The summed E-state index contributed by atoms with van der Waals surface area (Å²) in [5.41, 5.74) is 1.74. The van der Waals surface area contributed by atoms with Crippen molar-refractivity contribution in [3.05, 3.63) is 23.9 Å². The maximum atomic E-state index is 14.1. The normalized spacial score (nSPS) is 23.4. The van der Waals surface area contributed by atoms with E-state index in [0.29, 0.717) is 31.7 Å². The number of piperidine rings is 2. The number of hydrogen-bond acceptors (Lipinski definition) is 7. The van der Waals surface area contributed by atoms with Crippen LogP contribution in [0, 0.1) is 5.92 Å². The minimum atomic E-state index is -4.46. The predicted molar refractivity (Wildman–Crippen MR) is 150 cm³/mol. The smallest absolute Gasteiger partial charge is 0.410 e. The fraction of sp³-hybridized carbons (Fsp3) is 0.655. The molecule has 0 spiro atoms. The molecular weight excluding hydrogens is 553 g/mol. The van der Waals surface area contributed by atoms with E-state index in [1.165, 1.54) is 9.80 Å². The zero-order chi connectivity index (χ0) is 30.4. The quantitative estimate of drug-likeness (QED) is 0.540. The minimum Gasteiger partial charge on any atom is -0.444 e. The number of ether oxygens (including phenoxy) is 1. The molecule has 0 aliphatic carbocycles. The number of amides is 3. The van der Waals surface area contributed by atoms with Gasteiger partial charge in [-0.2, -0.15) is 18.3 Å². The number of nitrogens with one attached hydrogen (secondary N) is 1. The highest BCUT2D eigenvalue weighted by atomic mass is 19.4. The molecule has 1 aromatic carbocycles. The molecule has 1 aromatic heterocycles. The highest BCUT2D eigenvalue weighted by Gasteiger charge is 2.48. The second kappa shape index (κ2) is 11.4. The van der Waals surface area contributed by atoms with Crippen LogP contribution >= 0.6 is 0 Å². The number of hydrogen-bond donors (Lipinski definition) is 1. The number of piperazine rings is 1. The molecule has 3 saturated heterocycles. The second-order valence-corrected chi connectivity index (χ2v) is 12.6. The number of alkyl halides is 3. The molecule has 0 saturated carbocycles. The van der Waals surface area contributed by atoms with Crippen LogP contribution in [-0.2, 0) is 21.4 Å². The number of aromatic nitrogens is 2. The van der Waals surface area contributed by atoms with E-state index in [0.717, 1.165) is 29.4 Å².